The molecule has 27 heavy (non-hydrogen) atoms. The predicted molar refractivity (Wildman–Crippen MR) is 111 cm³/mol. The van der Waals surface area contributed by atoms with Crippen LogP contribution < -0.4 is 4.52 Å². The van der Waals surface area contributed by atoms with E-state index in [4.69, 9.17) is 23.8 Å². The summed E-state index contributed by atoms with van der Waals surface area (Å²) in [5, 5.41) is 11.1. The van der Waals surface area contributed by atoms with Gasteiger partial charge in [0.15, 0.2) is 0 Å². The van der Waals surface area contributed by atoms with Gasteiger partial charge in [0.05, 0.1) is 18.8 Å². The summed E-state index contributed by atoms with van der Waals surface area (Å²) >= 11 is 0. The van der Waals surface area contributed by atoms with Gasteiger partial charge in [0.25, 0.3) is 0 Å². The Labute approximate surface area is 163 Å². The Kier molecular flexibility index (Phi) is 8.47. The highest BCUT2D eigenvalue weighted by Crippen LogP contribution is 2.42. The van der Waals surface area contributed by atoms with Crippen LogP contribution in [0.5, 0.6) is 5.75 Å². The van der Waals surface area contributed by atoms with Crippen LogP contribution in [0.3, 0.4) is 0 Å². The lowest BCUT2D eigenvalue weighted by atomic mass is 10.1. The zero-order valence-electron chi connectivity index (χ0n) is 17.1. The summed E-state index contributed by atoms with van der Waals surface area (Å²) in [5.41, 5.74) is 0.0412. The SMILES string of the molecule is C[Si](C)(C)CCOC(O)(OCC[Si](C)(C)C)c1ccccc1OP(=O)(O)O. The standard InChI is InChI=1S/C17H33O7PSi2/c1-26(2,3)13-11-22-17(18,23-12-14-27(4,5)6)15-9-7-8-10-16(15)24-25(19,20)21/h7-10,18H,11-14H2,1-6H3,(H2,19,20,21). The highest BCUT2D eigenvalue weighted by atomic mass is 31.2. The van der Waals surface area contributed by atoms with E-state index in [0.717, 1.165) is 12.1 Å². The maximum atomic E-state index is 11.3. The first-order valence-electron chi connectivity index (χ1n) is 8.96. The molecule has 3 N–H and O–H groups in total. The first-order chi connectivity index (χ1) is 12.1. The molecule has 7 nitrogen and oxygen atoms in total. The highest BCUT2D eigenvalue weighted by molar-refractivity contribution is 7.46. The van der Waals surface area contributed by atoms with Gasteiger partial charge in [-0.3, -0.25) is 9.79 Å². The van der Waals surface area contributed by atoms with E-state index in [-0.39, 0.29) is 24.5 Å². The molecule has 0 heterocycles. The molecule has 0 bridgehead atoms. The predicted octanol–water partition coefficient (Wildman–Crippen LogP) is 3.97. The summed E-state index contributed by atoms with van der Waals surface area (Å²) in [7, 11) is -7.62. The van der Waals surface area contributed by atoms with E-state index >= 15 is 0 Å². The van der Waals surface area contributed by atoms with Crippen LogP contribution in [0.25, 0.3) is 0 Å². The van der Waals surface area contributed by atoms with Crippen molar-refractivity contribution in [2.75, 3.05) is 13.2 Å². The van der Waals surface area contributed by atoms with Crippen LogP contribution in [0.15, 0.2) is 24.3 Å². The monoisotopic (exact) mass is 436 g/mol. The zero-order chi connectivity index (χ0) is 20.9. The lowest BCUT2D eigenvalue weighted by Crippen LogP contribution is -2.37. The van der Waals surface area contributed by atoms with Crippen molar-refractivity contribution >= 4 is 24.0 Å². The fourth-order valence-corrected chi connectivity index (χ4v) is 3.97. The molecule has 0 unspecified atom stereocenters. The second-order valence-electron chi connectivity index (χ2n) is 8.98. The Morgan fingerprint density at radius 1 is 0.926 bits per heavy atom. The van der Waals surface area contributed by atoms with Gasteiger partial charge in [0.1, 0.15) is 5.75 Å². The molecule has 1 aromatic carbocycles. The fourth-order valence-electron chi connectivity index (χ4n) is 2.12. The van der Waals surface area contributed by atoms with Crippen LogP contribution in [0.1, 0.15) is 5.56 Å². The van der Waals surface area contributed by atoms with E-state index in [9.17, 15) is 9.67 Å². The second kappa shape index (κ2) is 9.32. The van der Waals surface area contributed by atoms with Crippen molar-refractivity contribution in [1.29, 1.82) is 0 Å². The van der Waals surface area contributed by atoms with Crippen LogP contribution in [0.2, 0.25) is 51.4 Å². The van der Waals surface area contributed by atoms with Crippen LogP contribution in [0, 0.1) is 0 Å². The van der Waals surface area contributed by atoms with E-state index in [1.807, 2.05) is 0 Å². The van der Waals surface area contributed by atoms with Crippen LogP contribution in [-0.2, 0) is 20.0 Å². The van der Waals surface area contributed by atoms with Crippen molar-refractivity contribution in [3.63, 3.8) is 0 Å². The van der Waals surface area contributed by atoms with Gasteiger partial charge >= 0.3 is 13.8 Å². The van der Waals surface area contributed by atoms with Gasteiger partial charge in [-0.25, -0.2) is 4.57 Å². The smallest absolute Gasteiger partial charge is 0.404 e. The molecule has 1 rings (SSSR count). The fraction of sp³-hybridized carbons (Fsp3) is 0.647. The van der Waals surface area contributed by atoms with Gasteiger partial charge in [-0.1, -0.05) is 51.4 Å². The third-order valence-corrected chi connectivity index (χ3v) is 7.59. The van der Waals surface area contributed by atoms with E-state index in [2.05, 4.69) is 39.3 Å². The van der Waals surface area contributed by atoms with E-state index in [1.165, 1.54) is 12.1 Å². The molecule has 0 saturated heterocycles. The minimum absolute atomic E-state index is 0.0412. The first kappa shape index (κ1) is 24.5. The van der Waals surface area contributed by atoms with Crippen LogP contribution in [0.4, 0.5) is 0 Å². The third kappa shape index (κ3) is 10.0. The molecule has 0 fully saturated rings. The van der Waals surface area contributed by atoms with Crippen molar-refractivity contribution < 1.29 is 33.5 Å². The molecule has 0 amide bonds. The number of ether oxygens (including phenoxy) is 2. The van der Waals surface area contributed by atoms with Crippen molar-refractivity contribution in [2.24, 2.45) is 0 Å². The topological polar surface area (TPSA) is 105 Å². The number of para-hydroxylation sites is 1. The van der Waals surface area contributed by atoms with Crippen molar-refractivity contribution in [3.05, 3.63) is 29.8 Å². The third-order valence-electron chi connectivity index (χ3n) is 3.74. The lowest BCUT2D eigenvalue weighted by molar-refractivity contribution is -0.370. The molecule has 0 atom stereocenters. The quantitative estimate of drug-likeness (QED) is 0.274. The van der Waals surface area contributed by atoms with Crippen LogP contribution >= 0.6 is 7.82 Å². The van der Waals surface area contributed by atoms with Gasteiger partial charge in [0, 0.05) is 16.1 Å². The molecule has 0 aliphatic carbocycles. The average molecular weight is 437 g/mol. The highest BCUT2D eigenvalue weighted by Gasteiger charge is 2.37. The number of rotatable bonds is 11. The Morgan fingerprint density at radius 3 is 1.78 bits per heavy atom. The number of phosphoric acid groups is 1. The lowest BCUT2D eigenvalue weighted by Gasteiger charge is -2.31. The maximum Gasteiger partial charge on any atom is 0.524 e. The Balaban J connectivity index is 3.11. The summed E-state index contributed by atoms with van der Waals surface area (Å²) in [4.78, 5) is 18.3. The molecule has 10 heteroatoms. The summed E-state index contributed by atoms with van der Waals surface area (Å²) in [6.45, 7) is 13.7. The maximum absolute atomic E-state index is 11.3. The molecular weight excluding hydrogens is 403 g/mol. The molecule has 156 valence electrons. The molecule has 0 aliphatic rings. The minimum atomic E-state index is -4.80. The number of benzene rings is 1. The summed E-state index contributed by atoms with van der Waals surface area (Å²) < 4.78 is 27.5. The summed E-state index contributed by atoms with van der Waals surface area (Å²) in [6, 6.07) is 7.62. The van der Waals surface area contributed by atoms with Gasteiger partial charge in [-0.15, -0.1) is 0 Å². The van der Waals surface area contributed by atoms with Gasteiger partial charge in [-0.05, 0) is 24.2 Å². The first-order valence-corrected chi connectivity index (χ1v) is 17.9. The number of phosphoric ester groups is 1. The molecule has 0 aromatic heterocycles. The molecular formula is C17H33O7PSi2. The molecule has 0 saturated carbocycles. The summed E-state index contributed by atoms with van der Waals surface area (Å²) in [6.07, 6.45) is 0. The van der Waals surface area contributed by atoms with E-state index in [0.29, 0.717) is 0 Å². The normalized spacial score (nSPS) is 13.7. The number of hydrogen-bond donors (Lipinski definition) is 3. The Morgan fingerprint density at radius 2 is 1.37 bits per heavy atom. The zero-order valence-corrected chi connectivity index (χ0v) is 20.0. The number of aliphatic hydroxyl groups is 1. The Hall–Kier alpha value is -0.516. The Bertz CT molecular complexity index is 629. The van der Waals surface area contributed by atoms with Gasteiger partial charge in [0.2, 0.25) is 0 Å². The number of hydrogen-bond acceptors (Lipinski definition) is 5. The van der Waals surface area contributed by atoms with E-state index in [1.54, 1.807) is 12.1 Å². The van der Waals surface area contributed by atoms with Crippen molar-refractivity contribution in [2.45, 2.75) is 57.3 Å². The summed E-state index contributed by atoms with van der Waals surface area (Å²) in [5.74, 6) is -2.31. The minimum Gasteiger partial charge on any atom is -0.404 e. The molecule has 0 aliphatic heterocycles. The van der Waals surface area contributed by atoms with E-state index < -0.39 is 29.9 Å². The molecule has 0 radical (unpaired) electrons. The molecule has 1 aromatic rings. The largest absolute Gasteiger partial charge is 0.524 e. The van der Waals surface area contributed by atoms with Crippen molar-refractivity contribution in [3.8, 4) is 5.75 Å². The second-order valence-corrected chi connectivity index (χ2v) is 21.4. The van der Waals surface area contributed by atoms with Crippen LogP contribution in [-0.4, -0.2) is 44.3 Å². The van der Waals surface area contributed by atoms with Crippen molar-refractivity contribution in [1.82, 2.24) is 0 Å². The van der Waals surface area contributed by atoms with Gasteiger partial charge in [-0.2, -0.15) is 0 Å². The van der Waals surface area contributed by atoms with Gasteiger partial charge < -0.3 is 19.1 Å². The average Bonchev–Trinajstić information content (AvgIpc) is 2.43. The molecule has 0 spiro atoms.